The summed E-state index contributed by atoms with van der Waals surface area (Å²) in [6.45, 7) is 1.75. The lowest BCUT2D eigenvalue weighted by Gasteiger charge is -2.08. The highest BCUT2D eigenvalue weighted by molar-refractivity contribution is 7.91. The molecule has 0 aliphatic heterocycles. The maximum atomic E-state index is 12.4. The molecular weight excluding hydrogens is 258 g/mol. The molecule has 1 aromatic heterocycles. The van der Waals surface area contributed by atoms with Crippen molar-refractivity contribution in [3.63, 3.8) is 0 Å². The van der Waals surface area contributed by atoms with Gasteiger partial charge in [-0.3, -0.25) is 0 Å². The highest BCUT2D eigenvalue weighted by atomic mass is 35.5. The molecule has 5 heteroatoms. The van der Waals surface area contributed by atoms with Crippen molar-refractivity contribution < 1.29 is 8.42 Å². The molecule has 0 aliphatic carbocycles. The summed E-state index contributed by atoms with van der Waals surface area (Å²) in [5.74, 6) is 0. The van der Waals surface area contributed by atoms with Crippen LogP contribution in [0.3, 0.4) is 0 Å². The quantitative estimate of drug-likeness (QED) is 0.786. The molecule has 0 radical (unpaired) electrons. The summed E-state index contributed by atoms with van der Waals surface area (Å²) in [5, 5.41) is -0.00393. The predicted molar refractivity (Wildman–Crippen MR) is 65.9 cm³/mol. The number of halogens is 1. The molecule has 0 bridgehead atoms. The van der Waals surface area contributed by atoms with Crippen molar-refractivity contribution >= 4 is 21.4 Å². The van der Waals surface area contributed by atoms with E-state index in [4.69, 9.17) is 11.6 Å². The van der Waals surface area contributed by atoms with Crippen molar-refractivity contribution in [2.24, 2.45) is 0 Å². The Morgan fingerprint density at radius 2 is 1.71 bits per heavy atom. The van der Waals surface area contributed by atoms with E-state index in [0.29, 0.717) is 5.56 Å². The predicted octanol–water partition coefficient (Wildman–Crippen LogP) is 2.88. The summed E-state index contributed by atoms with van der Waals surface area (Å²) in [4.78, 5) is 4.08. The Labute approximate surface area is 105 Å². The SMILES string of the molecule is Cc1ccccc1S(=O)(=O)c1cccnc1Cl. The van der Waals surface area contributed by atoms with Gasteiger partial charge >= 0.3 is 0 Å². The van der Waals surface area contributed by atoms with Crippen LogP contribution in [0.1, 0.15) is 5.56 Å². The average molecular weight is 268 g/mol. The standard InChI is InChI=1S/C12H10ClNO2S/c1-9-5-2-3-6-10(9)17(15,16)11-7-4-8-14-12(11)13/h2-8H,1H3. The van der Waals surface area contributed by atoms with Crippen LogP contribution in [0, 0.1) is 6.92 Å². The van der Waals surface area contributed by atoms with Crippen molar-refractivity contribution in [2.75, 3.05) is 0 Å². The van der Waals surface area contributed by atoms with Gasteiger partial charge < -0.3 is 0 Å². The molecule has 2 aromatic rings. The molecule has 1 aromatic carbocycles. The largest absolute Gasteiger partial charge is 0.243 e. The summed E-state index contributed by atoms with van der Waals surface area (Å²) in [6.07, 6.45) is 1.46. The fraction of sp³-hybridized carbons (Fsp3) is 0.0833. The van der Waals surface area contributed by atoms with Gasteiger partial charge in [-0.25, -0.2) is 13.4 Å². The second kappa shape index (κ2) is 4.47. The van der Waals surface area contributed by atoms with E-state index in [9.17, 15) is 8.42 Å². The van der Waals surface area contributed by atoms with Crippen LogP contribution in [0.5, 0.6) is 0 Å². The molecule has 3 nitrogen and oxygen atoms in total. The lowest BCUT2D eigenvalue weighted by atomic mass is 10.2. The Morgan fingerprint density at radius 1 is 1.06 bits per heavy atom. The van der Waals surface area contributed by atoms with Crippen LogP contribution in [0.15, 0.2) is 52.4 Å². The van der Waals surface area contributed by atoms with Crippen LogP contribution in [0.4, 0.5) is 0 Å². The first-order valence-corrected chi connectivity index (χ1v) is 6.81. The first kappa shape index (κ1) is 12.1. The maximum Gasteiger partial charge on any atom is 0.209 e. The minimum atomic E-state index is -3.59. The van der Waals surface area contributed by atoms with Gasteiger partial charge in [-0.15, -0.1) is 0 Å². The van der Waals surface area contributed by atoms with Crippen LogP contribution in [-0.4, -0.2) is 13.4 Å². The van der Waals surface area contributed by atoms with Gasteiger partial charge in [0.15, 0.2) is 0 Å². The van der Waals surface area contributed by atoms with E-state index in [-0.39, 0.29) is 14.9 Å². The molecule has 0 unspecified atom stereocenters. The number of benzene rings is 1. The fourth-order valence-electron chi connectivity index (χ4n) is 1.55. The normalized spacial score (nSPS) is 11.4. The number of hydrogen-bond acceptors (Lipinski definition) is 3. The molecule has 0 atom stereocenters. The van der Waals surface area contributed by atoms with E-state index in [1.165, 1.54) is 12.3 Å². The van der Waals surface area contributed by atoms with Gasteiger partial charge in [-0.2, -0.15) is 0 Å². The first-order valence-electron chi connectivity index (χ1n) is 4.95. The number of aryl methyl sites for hydroxylation is 1. The van der Waals surface area contributed by atoms with Crippen LogP contribution in [0.2, 0.25) is 5.15 Å². The Balaban J connectivity index is 2.67. The summed E-state index contributed by atoms with van der Waals surface area (Å²) < 4.78 is 24.7. The van der Waals surface area contributed by atoms with Gasteiger partial charge in [0.05, 0.1) is 4.90 Å². The van der Waals surface area contributed by atoms with Crippen LogP contribution >= 0.6 is 11.6 Å². The van der Waals surface area contributed by atoms with Crippen molar-refractivity contribution in [3.8, 4) is 0 Å². The monoisotopic (exact) mass is 267 g/mol. The maximum absolute atomic E-state index is 12.4. The zero-order valence-electron chi connectivity index (χ0n) is 9.09. The van der Waals surface area contributed by atoms with E-state index in [1.807, 2.05) is 0 Å². The lowest BCUT2D eigenvalue weighted by molar-refractivity contribution is 0.595. The third kappa shape index (κ3) is 2.18. The number of sulfone groups is 1. The summed E-state index contributed by atoms with van der Waals surface area (Å²) >= 11 is 5.82. The van der Waals surface area contributed by atoms with Crippen LogP contribution in [-0.2, 0) is 9.84 Å². The Hall–Kier alpha value is -1.39. The summed E-state index contributed by atoms with van der Waals surface area (Å²) in [5.41, 5.74) is 0.687. The molecule has 0 saturated heterocycles. The number of pyridine rings is 1. The molecule has 0 fully saturated rings. The first-order chi connectivity index (χ1) is 8.03. The van der Waals surface area contributed by atoms with E-state index in [0.717, 1.165) is 0 Å². The van der Waals surface area contributed by atoms with E-state index in [1.54, 1.807) is 37.3 Å². The minimum Gasteiger partial charge on any atom is -0.243 e. The highest BCUT2D eigenvalue weighted by Gasteiger charge is 2.22. The summed E-state index contributed by atoms with van der Waals surface area (Å²) in [6, 6.07) is 9.79. The van der Waals surface area contributed by atoms with Crippen LogP contribution < -0.4 is 0 Å². The van der Waals surface area contributed by atoms with Gasteiger partial charge in [0, 0.05) is 6.20 Å². The number of hydrogen-bond donors (Lipinski definition) is 0. The van der Waals surface area contributed by atoms with Gasteiger partial charge in [0.2, 0.25) is 9.84 Å². The highest BCUT2D eigenvalue weighted by Crippen LogP contribution is 2.27. The fourth-order valence-corrected chi connectivity index (χ4v) is 3.49. The smallest absolute Gasteiger partial charge is 0.209 e. The third-order valence-corrected chi connectivity index (χ3v) is 4.76. The number of nitrogens with zero attached hydrogens (tertiary/aromatic N) is 1. The minimum absolute atomic E-state index is 0.00393. The molecule has 2 rings (SSSR count). The molecule has 0 saturated carbocycles. The van der Waals surface area contributed by atoms with Gasteiger partial charge in [-0.1, -0.05) is 29.8 Å². The number of aromatic nitrogens is 1. The average Bonchev–Trinajstić information content (AvgIpc) is 2.29. The third-order valence-electron chi connectivity index (χ3n) is 2.40. The molecule has 0 aliphatic rings. The van der Waals surface area contributed by atoms with Crippen molar-refractivity contribution in [1.29, 1.82) is 0 Å². The van der Waals surface area contributed by atoms with Crippen molar-refractivity contribution in [1.82, 2.24) is 4.98 Å². The Morgan fingerprint density at radius 3 is 2.35 bits per heavy atom. The summed E-state index contributed by atoms with van der Waals surface area (Å²) in [7, 11) is -3.59. The molecule has 0 N–H and O–H groups in total. The number of rotatable bonds is 2. The molecular formula is C12H10ClNO2S. The van der Waals surface area contributed by atoms with Crippen LogP contribution in [0.25, 0.3) is 0 Å². The molecule has 0 spiro atoms. The Bertz CT molecular complexity index is 602. The molecule has 0 amide bonds. The molecule has 1 heterocycles. The molecule has 88 valence electrons. The topological polar surface area (TPSA) is 47.0 Å². The molecule has 17 heavy (non-hydrogen) atoms. The van der Waals surface area contributed by atoms with Gasteiger partial charge in [-0.05, 0) is 30.7 Å². The Kier molecular flexibility index (Phi) is 3.17. The zero-order valence-corrected chi connectivity index (χ0v) is 10.7. The van der Waals surface area contributed by atoms with E-state index < -0.39 is 9.84 Å². The van der Waals surface area contributed by atoms with Crippen molar-refractivity contribution in [2.45, 2.75) is 16.7 Å². The van der Waals surface area contributed by atoms with E-state index in [2.05, 4.69) is 4.98 Å². The second-order valence-corrected chi connectivity index (χ2v) is 5.81. The lowest BCUT2D eigenvalue weighted by Crippen LogP contribution is -2.05. The van der Waals surface area contributed by atoms with Crippen molar-refractivity contribution in [3.05, 3.63) is 53.3 Å². The zero-order chi connectivity index (χ0) is 12.5. The van der Waals surface area contributed by atoms with Gasteiger partial charge in [0.1, 0.15) is 10.0 Å². The second-order valence-electron chi connectivity index (χ2n) is 3.56. The van der Waals surface area contributed by atoms with E-state index >= 15 is 0 Å². The van der Waals surface area contributed by atoms with Gasteiger partial charge in [0.25, 0.3) is 0 Å².